The van der Waals surface area contributed by atoms with Crippen molar-refractivity contribution >= 4 is 71.8 Å². The number of hydrogen-bond acceptors (Lipinski definition) is 9. The van der Waals surface area contributed by atoms with Gasteiger partial charge in [0.05, 0.1) is 25.4 Å². The number of hydrogen-bond donors (Lipinski definition) is 5. The largest absolute Gasteiger partial charge is 0.476 e. The van der Waals surface area contributed by atoms with Gasteiger partial charge in [-0.25, -0.2) is 24.5 Å². The van der Waals surface area contributed by atoms with Crippen LogP contribution in [-0.4, -0.2) is 107 Å². The first kappa shape index (κ1) is 52.3. The van der Waals surface area contributed by atoms with E-state index in [0.717, 1.165) is 61.3 Å². The molecule has 6 heterocycles. The Morgan fingerprint density at radius 2 is 1.03 bits per heavy atom. The van der Waals surface area contributed by atoms with Crippen LogP contribution in [0.4, 0.5) is 11.4 Å². The maximum absolute atomic E-state index is 12.7. The molecule has 0 fully saturated rings. The molecule has 1 amide bonds. The second kappa shape index (κ2) is 25.5. The lowest BCUT2D eigenvalue weighted by molar-refractivity contribution is 0.0691. The molecule has 0 spiro atoms. The van der Waals surface area contributed by atoms with Gasteiger partial charge < -0.3 is 35.2 Å². The van der Waals surface area contributed by atoms with Gasteiger partial charge in [-0.2, -0.15) is 0 Å². The third-order valence-corrected chi connectivity index (χ3v) is 12.1. The molecule has 4 aromatic heterocycles. The highest BCUT2D eigenvalue weighted by Crippen LogP contribution is 2.26. The molecule has 71 heavy (non-hydrogen) atoms. The van der Waals surface area contributed by atoms with Crippen LogP contribution < -0.4 is 11.1 Å². The molecule has 2 aliphatic heterocycles. The summed E-state index contributed by atoms with van der Waals surface area (Å²) in [5, 5.41) is 31.7. The number of benzene rings is 4. The number of carboxylic acid groups (broad SMARTS) is 1. The van der Waals surface area contributed by atoms with E-state index in [1.54, 1.807) is 40.9 Å². The molecule has 362 valence electrons. The SMILES string of the molecule is II.NC[C@H](O)CN1CCc2ccccc2C1.[C-]#[N+]c1ccc(-c2ccc3nc(C(=O)NC[C@H](O)CN4CCc5ccccc5C4)cn3c2)cc1.[C-]#[N+]c1ccc(-c2ccc3nc(C(=O)O)cn3c2)cc1. The Morgan fingerprint density at radius 3 is 1.48 bits per heavy atom. The van der Waals surface area contributed by atoms with Gasteiger partial charge in [-0.05, 0) is 81.6 Å². The number of aliphatic hydroxyl groups is 2. The summed E-state index contributed by atoms with van der Waals surface area (Å²) >= 11 is 4.24. The van der Waals surface area contributed by atoms with Crippen molar-refractivity contribution in [3.05, 3.63) is 203 Å². The zero-order valence-corrected chi connectivity index (χ0v) is 43.0. The first-order valence-electron chi connectivity index (χ1n) is 22.8. The molecule has 6 N–H and O–H groups in total. The van der Waals surface area contributed by atoms with Gasteiger partial charge >= 0.3 is 5.97 Å². The summed E-state index contributed by atoms with van der Waals surface area (Å²) in [6.45, 7) is 19.4. The number of nitrogens with zero attached hydrogens (tertiary/aromatic N) is 8. The average Bonchev–Trinajstić information content (AvgIpc) is 4.06. The Balaban J connectivity index is 0.000000169. The van der Waals surface area contributed by atoms with E-state index in [9.17, 15) is 19.8 Å². The number of aliphatic hydroxyl groups excluding tert-OH is 2. The van der Waals surface area contributed by atoms with Crippen LogP contribution >= 0.6 is 37.2 Å². The molecule has 8 aromatic rings. The van der Waals surface area contributed by atoms with Gasteiger partial charge in [0.25, 0.3) is 5.91 Å². The number of aromatic carboxylic acids is 1. The molecule has 17 heteroatoms. The molecule has 0 bridgehead atoms. The summed E-state index contributed by atoms with van der Waals surface area (Å²) in [4.78, 5) is 43.2. The summed E-state index contributed by atoms with van der Waals surface area (Å²) in [5.74, 6) is -1.36. The molecule has 2 atom stereocenters. The van der Waals surface area contributed by atoms with Gasteiger partial charge in [0.15, 0.2) is 17.1 Å². The Morgan fingerprint density at radius 1 is 0.606 bits per heavy atom. The van der Waals surface area contributed by atoms with E-state index in [1.807, 2.05) is 65.3 Å². The fourth-order valence-corrected chi connectivity index (χ4v) is 8.45. The number of carboxylic acids is 1. The Kier molecular flexibility index (Phi) is 18.8. The first-order valence-corrected chi connectivity index (χ1v) is 29.1. The number of pyridine rings is 2. The molecular formula is C54H52I2N10O5. The third kappa shape index (κ3) is 14.1. The highest BCUT2D eigenvalue weighted by Gasteiger charge is 2.21. The van der Waals surface area contributed by atoms with E-state index in [1.165, 1.54) is 28.5 Å². The van der Waals surface area contributed by atoms with Crippen molar-refractivity contribution in [2.24, 2.45) is 5.73 Å². The van der Waals surface area contributed by atoms with Crippen molar-refractivity contribution in [3.8, 4) is 22.3 Å². The van der Waals surface area contributed by atoms with Gasteiger partial charge in [0.1, 0.15) is 17.0 Å². The molecule has 0 aliphatic carbocycles. The van der Waals surface area contributed by atoms with E-state index in [-0.39, 0.29) is 18.1 Å². The second-order valence-electron chi connectivity index (χ2n) is 17.0. The van der Waals surface area contributed by atoms with Crippen LogP contribution in [0.1, 0.15) is 43.2 Å². The van der Waals surface area contributed by atoms with Gasteiger partial charge in [0.2, 0.25) is 0 Å². The van der Waals surface area contributed by atoms with Crippen LogP contribution in [0, 0.1) is 13.1 Å². The zero-order valence-electron chi connectivity index (χ0n) is 38.7. The number of carbonyl (C=O) groups is 2. The Hall–Kier alpha value is -6.56. The van der Waals surface area contributed by atoms with Gasteiger partial charge in [-0.1, -0.05) is 97.1 Å². The summed E-state index contributed by atoms with van der Waals surface area (Å²) in [7, 11) is 0. The van der Waals surface area contributed by atoms with E-state index in [2.05, 4.69) is 114 Å². The number of carbonyl (C=O) groups excluding carboxylic acids is 1. The van der Waals surface area contributed by atoms with E-state index in [4.69, 9.17) is 24.0 Å². The van der Waals surface area contributed by atoms with Crippen LogP contribution in [0.2, 0.25) is 0 Å². The number of nitrogens with two attached hydrogens (primary N) is 1. The monoisotopic (exact) mass is 1170 g/mol. The molecule has 10 rings (SSSR count). The van der Waals surface area contributed by atoms with Crippen LogP contribution in [0.25, 0.3) is 43.2 Å². The number of fused-ring (bicyclic) bond motifs is 4. The predicted molar refractivity (Wildman–Crippen MR) is 293 cm³/mol. The summed E-state index contributed by atoms with van der Waals surface area (Å²) in [6.07, 6.45) is 7.91. The smallest absolute Gasteiger partial charge is 0.356 e. The van der Waals surface area contributed by atoms with Gasteiger partial charge in [0, 0.05) is 114 Å². The molecular weight excluding hydrogens is 1120 g/mol. The minimum Gasteiger partial charge on any atom is -0.476 e. The second-order valence-corrected chi connectivity index (χ2v) is 17.0. The van der Waals surface area contributed by atoms with Crippen LogP contribution in [0.5, 0.6) is 0 Å². The standard InChI is InChI=1S/C27H25N5O2.C15H9N3O2.C12H18N2O.I2/c1-28-23-9-6-20(7-10-23)22-8-11-26-30-25(18-32(26)16-22)27(34)29-14-24(33)17-31-13-12-19-4-2-3-5-21(19)15-31;1-16-12-5-2-10(3-6-12)11-4-7-14-17-13(15(19)20)9-18(14)8-11;13-7-12(15)9-14-6-5-10-3-1-2-4-11(10)8-14;1-2/h2-11,16,18,24,33H,12-15,17H2,(H,29,34);2-9H,(H,19,20);1-4,12,15H,5-9,13H2;/t24-;;12-;/m0.0./s1. The molecule has 2 aliphatic rings. The highest BCUT2D eigenvalue weighted by molar-refractivity contribution is 15.0. The molecule has 0 radical (unpaired) electrons. The van der Waals surface area contributed by atoms with Crippen molar-refractivity contribution in [2.45, 2.75) is 38.1 Å². The van der Waals surface area contributed by atoms with Crippen LogP contribution in [0.3, 0.4) is 0 Å². The maximum Gasteiger partial charge on any atom is 0.356 e. The predicted octanol–water partition coefficient (Wildman–Crippen LogP) is 9.09. The Labute approximate surface area is 435 Å². The van der Waals surface area contributed by atoms with E-state index in [0.29, 0.717) is 48.0 Å². The summed E-state index contributed by atoms with van der Waals surface area (Å²) < 4.78 is 3.50. The van der Waals surface area contributed by atoms with Gasteiger partial charge in [-0.3, -0.25) is 14.6 Å². The third-order valence-electron chi connectivity index (χ3n) is 12.1. The number of rotatable bonds is 11. The quantitative estimate of drug-likeness (QED) is 0.0619. The normalized spacial score (nSPS) is 13.8. The fraction of sp³-hybridized carbons (Fsp3) is 0.222. The van der Waals surface area contributed by atoms with Crippen molar-refractivity contribution in [2.75, 3.05) is 39.3 Å². The van der Waals surface area contributed by atoms with Crippen molar-refractivity contribution in [1.82, 2.24) is 33.9 Å². The van der Waals surface area contributed by atoms with Crippen molar-refractivity contribution < 1.29 is 24.9 Å². The van der Waals surface area contributed by atoms with Crippen molar-refractivity contribution in [1.29, 1.82) is 0 Å². The highest BCUT2D eigenvalue weighted by atomic mass is 128. The number of aromatic nitrogens is 4. The average molecular weight is 1170 g/mol. The van der Waals surface area contributed by atoms with Crippen LogP contribution in [-0.2, 0) is 25.9 Å². The van der Waals surface area contributed by atoms with E-state index >= 15 is 0 Å². The molecule has 0 unspecified atom stereocenters. The lowest BCUT2D eigenvalue weighted by Crippen LogP contribution is -2.42. The minimum atomic E-state index is -1.04. The fourth-order valence-electron chi connectivity index (χ4n) is 8.45. The number of β-amino-alcohol motifs (C(OH)–C–C–N with tert-alkyl or cyclic N) is 2. The van der Waals surface area contributed by atoms with Crippen molar-refractivity contribution in [3.63, 3.8) is 0 Å². The van der Waals surface area contributed by atoms with E-state index < -0.39 is 18.2 Å². The number of nitrogens with one attached hydrogen (secondary N) is 1. The number of halogens is 2. The van der Waals surface area contributed by atoms with Crippen LogP contribution in [0.15, 0.2) is 146 Å². The molecule has 0 saturated heterocycles. The lowest BCUT2D eigenvalue weighted by Gasteiger charge is -2.30. The Bertz CT molecular complexity index is 3160. The molecule has 15 nitrogen and oxygen atoms in total. The lowest BCUT2D eigenvalue weighted by atomic mass is 10.00. The minimum absolute atomic E-state index is 0.0190. The summed E-state index contributed by atoms with van der Waals surface area (Å²) in [6, 6.07) is 39.0. The molecule has 0 saturated carbocycles. The first-order chi connectivity index (χ1) is 34.5. The zero-order chi connectivity index (χ0) is 50.3. The number of amides is 1. The topological polar surface area (TPSA) is 183 Å². The maximum atomic E-state index is 12.7. The molecule has 4 aromatic carbocycles. The summed E-state index contributed by atoms with van der Waals surface area (Å²) in [5.41, 5.74) is 17.5. The van der Waals surface area contributed by atoms with Gasteiger partial charge in [-0.15, -0.1) is 0 Å². The number of imidazole rings is 2.